The van der Waals surface area contributed by atoms with Gasteiger partial charge in [0.15, 0.2) is 5.78 Å². The Labute approximate surface area is 109 Å². The van der Waals surface area contributed by atoms with Crippen LogP contribution in [0.3, 0.4) is 0 Å². The molecule has 2 aliphatic rings. The Morgan fingerprint density at radius 1 is 1.28 bits per heavy atom. The van der Waals surface area contributed by atoms with Crippen molar-refractivity contribution < 1.29 is 14.6 Å². The Morgan fingerprint density at radius 2 is 1.89 bits per heavy atom. The van der Waals surface area contributed by atoms with Crippen molar-refractivity contribution >= 4 is 5.78 Å². The highest BCUT2D eigenvalue weighted by Gasteiger charge is 2.45. The number of aliphatic hydroxyl groups is 1. The molecule has 0 aromatic carbocycles. The molecule has 1 aliphatic heterocycles. The third-order valence-corrected chi connectivity index (χ3v) is 4.00. The van der Waals surface area contributed by atoms with Crippen LogP contribution in [0, 0.1) is 17.3 Å². The number of ether oxygens (including phenoxy) is 1. The Balaban J connectivity index is 2.44. The van der Waals surface area contributed by atoms with E-state index in [0.29, 0.717) is 18.8 Å². The van der Waals surface area contributed by atoms with E-state index < -0.39 is 5.79 Å². The number of allylic oxidation sites excluding steroid dienone is 2. The summed E-state index contributed by atoms with van der Waals surface area (Å²) in [7, 11) is 0. The maximum atomic E-state index is 12.4. The van der Waals surface area contributed by atoms with Gasteiger partial charge in [-0.3, -0.25) is 4.79 Å². The molecule has 0 saturated heterocycles. The van der Waals surface area contributed by atoms with E-state index in [1.54, 1.807) is 6.92 Å². The fourth-order valence-electron chi connectivity index (χ4n) is 3.17. The quantitative estimate of drug-likeness (QED) is 0.780. The molecule has 0 spiro atoms. The van der Waals surface area contributed by atoms with Crippen molar-refractivity contribution in [1.29, 1.82) is 0 Å². The molecule has 0 saturated carbocycles. The lowest BCUT2D eigenvalue weighted by molar-refractivity contribution is -0.192. The summed E-state index contributed by atoms with van der Waals surface area (Å²) in [5.74, 6) is 0.256. The third-order valence-electron chi connectivity index (χ3n) is 4.00. The van der Waals surface area contributed by atoms with Crippen molar-refractivity contribution in [3.8, 4) is 0 Å². The highest BCUT2D eigenvalue weighted by molar-refractivity contribution is 5.97. The second kappa shape index (κ2) is 4.09. The molecule has 0 radical (unpaired) electrons. The molecule has 2 atom stereocenters. The van der Waals surface area contributed by atoms with E-state index in [1.807, 2.05) is 0 Å². The lowest BCUT2D eigenvalue weighted by Crippen LogP contribution is -2.43. The van der Waals surface area contributed by atoms with Crippen LogP contribution in [0.15, 0.2) is 11.3 Å². The molecule has 102 valence electrons. The summed E-state index contributed by atoms with van der Waals surface area (Å²) < 4.78 is 5.68. The van der Waals surface area contributed by atoms with Gasteiger partial charge >= 0.3 is 0 Å². The SMILES string of the molecule is CC(C)[C@H]1CC(C)(O)OC2=C1C(=O)CC(C)(C)C2. The van der Waals surface area contributed by atoms with Crippen molar-refractivity contribution in [2.45, 2.75) is 59.7 Å². The van der Waals surface area contributed by atoms with E-state index in [4.69, 9.17) is 4.74 Å². The number of carbonyl (C=O) groups excluding carboxylic acids is 1. The molecule has 1 unspecified atom stereocenters. The topological polar surface area (TPSA) is 46.5 Å². The summed E-state index contributed by atoms with van der Waals surface area (Å²) >= 11 is 0. The Hall–Kier alpha value is -0.830. The van der Waals surface area contributed by atoms with Gasteiger partial charge in [-0.2, -0.15) is 0 Å². The summed E-state index contributed by atoms with van der Waals surface area (Å²) in [4.78, 5) is 12.4. The lowest BCUT2D eigenvalue weighted by Gasteiger charge is -2.44. The summed E-state index contributed by atoms with van der Waals surface area (Å²) in [6.07, 6.45) is 1.84. The van der Waals surface area contributed by atoms with E-state index >= 15 is 0 Å². The van der Waals surface area contributed by atoms with Crippen LogP contribution in [-0.2, 0) is 9.53 Å². The average molecular weight is 252 g/mol. The zero-order valence-electron chi connectivity index (χ0n) is 12.0. The maximum absolute atomic E-state index is 12.4. The van der Waals surface area contributed by atoms with E-state index in [2.05, 4.69) is 27.7 Å². The first-order chi connectivity index (χ1) is 8.11. The molecule has 0 aromatic rings. The van der Waals surface area contributed by atoms with E-state index in [-0.39, 0.29) is 17.1 Å². The molecule has 0 aromatic heterocycles. The molecule has 1 heterocycles. The van der Waals surface area contributed by atoms with Crippen LogP contribution in [0.2, 0.25) is 0 Å². The summed E-state index contributed by atoms with van der Waals surface area (Å²) in [5, 5.41) is 10.2. The van der Waals surface area contributed by atoms with Gasteiger partial charge in [0, 0.05) is 31.8 Å². The van der Waals surface area contributed by atoms with Gasteiger partial charge in [-0.05, 0) is 17.3 Å². The summed E-state index contributed by atoms with van der Waals surface area (Å²) in [5.41, 5.74) is 0.779. The van der Waals surface area contributed by atoms with Crippen LogP contribution in [0.4, 0.5) is 0 Å². The molecular formula is C15H24O3. The van der Waals surface area contributed by atoms with Crippen LogP contribution in [0.25, 0.3) is 0 Å². The second-order valence-corrected chi connectivity index (χ2v) is 7.11. The van der Waals surface area contributed by atoms with E-state index in [1.165, 1.54) is 0 Å². The predicted octanol–water partition coefficient (Wildman–Crippen LogP) is 3.03. The highest BCUT2D eigenvalue weighted by atomic mass is 16.6. The molecular weight excluding hydrogens is 228 g/mol. The van der Waals surface area contributed by atoms with Gasteiger partial charge in [0.2, 0.25) is 5.79 Å². The molecule has 1 aliphatic carbocycles. The zero-order valence-corrected chi connectivity index (χ0v) is 12.0. The van der Waals surface area contributed by atoms with Gasteiger partial charge in [0.1, 0.15) is 5.76 Å². The van der Waals surface area contributed by atoms with Crippen molar-refractivity contribution in [2.24, 2.45) is 17.3 Å². The van der Waals surface area contributed by atoms with Crippen LogP contribution in [0.1, 0.15) is 53.9 Å². The first-order valence-corrected chi connectivity index (χ1v) is 6.79. The monoisotopic (exact) mass is 252 g/mol. The Kier molecular flexibility index (Phi) is 3.09. The number of ketones is 1. The Morgan fingerprint density at radius 3 is 2.44 bits per heavy atom. The number of hydrogen-bond acceptors (Lipinski definition) is 3. The van der Waals surface area contributed by atoms with E-state index in [9.17, 15) is 9.90 Å². The molecule has 0 bridgehead atoms. The first kappa shape index (κ1) is 13.6. The second-order valence-electron chi connectivity index (χ2n) is 7.11. The van der Waals surface area contributed by atoms with Crippen LogP contribution < -0.4 is 0 Å². The molecule has 3 nitrogen and oxygen atoms in total. The minimum atomic E-state index is -1.14. The molecule has 2 rings (SSSR count). The standard InChI is InChI=1S/C15H24O3/c1-9(2)10-6-15(5,17)18-12-8-14(3,4)7-11(16)13(10)12/h9-10,17H,6-8H2,1-5H3/t10-,15?/m1/s1. The van der Waals surface area contributed by atoms with Crippen LogP contribution in [-0.4, -0.2) is 16.7 Å². The number of Topliss-reactive ketones (excluding diaryl/α,β-unsaturated/α-hetero) is 1. The number of carbonyl (C=O) groups is 1. The average Bonchev–Trinajstić information content (AvgIpc) is 2.11. The number of rotatable bonds is 1. The van der Waals surface area contributed by atoms with Gasteiger partial charge < -0.3 is 9.84 Å². The molecule has 0 amide bonds. The van der Waals surface area contributed by atoms with Crippen molar-refractivity contribution in [2.75, 3.05) is 0 Å². The Bertz CT molecular complexity index is 398. The fraction of sp³-hybridized carbons (Fsp3) is 0.800. The smallest absolute Gasteiger partial charge is 0.205 e. The van der Waals surface area contributed by atoms with Gasteiger partial charge in [-0.15, -0.1) is 0 Å². The van der Waals surface area contributed by atoms with Crippen molar-refractivity contribution in [3.63, 3.8) is 0 Å². The minimum absolute atomic E-state index is 0.0646. The maximum Gasteiger partial charge on any atom is 0.205 e. The highest BCUT2D eigenvalue weighted by Crippen LogP contribution is 2.47. The molecule has 18 heavy (non-hydrogen) atoms. The minimum Gasteiger partial charge on any atom is -0.467 e. The van der Waals surface area contributed by atoms with Gasteiger partial charge in [-0.25, -0.2) is 0 Å². The number of hydrogen-bond donors (Lipinski definition) is 1. The molecule has 0 fully saturated rings. The largest absolute Gasteiger partial charge is 0.467 e. The van der Waals surface area contributed by atoms with Gasteiger partial charge in [0.05, 0.1) is 0 Å². The van der Waals surface area contributed by atoms with E-state index in [0.717, 1.165) is 17.8 Å². The van der Waals surface area contributed by atoms with Crippen molar-refractivity contribution in [3.05, 3.63) is 11.3 Å². The first-order valence-electron chi connectivity index (χ1n) is 6.79. The zero-order chi connectivity index (χ0) is 13.7. The molecule has 3 heteroatoms. The normalized spacial score (nSPS) is 35.5. The fourth-order valence-corrected chi connectivity index (χ4v) is 3.17. The van der Waals surface area contributed by atoms with Crippen LogP contribution in [0.5, 0.6) is 0 Å². The van der Waals surface area contributed by atoms with Gasteiger partial charge in [-0.1, -0.05) is 27.7 Å². The lowest BCUT2D eigenvalue weighted by atomic mass is 9.69. The summed E-state index contributed by atoms with van der Waals surface area (Å²) in [6, 6.07) is 0. The predicted molar refractivity (Wildman–Crippen MR) is 69.7 cm³/mol. The summed E-state index contributed by atoms with van der Waals surface area (Å²) in [6.45, 7) is 10.0. The van der Waals surface area contributed by atoms with Gasteiger partial charge in [0.25, 0.3) is 0 Å². The third kappa shape index (κ3) is 2.46. The van der Waals surface area contributed by atoms with Crippen LogP contribution >= 0.6 is 0 Å². The van der Waals surface area contributed by atoms with Crippen molar-refractivity contribution in [1.82, 2.24) is 0 Å². The molecule has 1 N–H and O–H groups in total.